The topological polar surface area (TPSA) is 51.2 Å². The number of nitrogens with one attached hydrogen (secondary N) is 1. The average molecular weight is 339 g/mol. The Bertz CT molecular complexity index is 680. The van der Waals surface area contributed by atoms with Crippen molar-refractivity contribution in [3.05, 3.63) is 46.7 Å². The largest absolute Gasteiger partial charge is 0.444 e. The van der Waals surface area contributed by atoms with Gasteiger partial charge in [-0.15, -0.1) is 0 Å². The van der Waals surface area contributed by atoms with Gasteiger partial charge in [0, 0.05) is 16.8 Å². The van der Waals surface area contributed by atoms with Gasteiger partial charge in [-0.2, -0.15) is 0 Å². The molecule has 1 aromatic carbocycles. The maximum atomic E-state index is 12.0. The molecule has 0 spiro atoms. The molecular formula is C16H16Cl2N2O2. The van der Waals surface area contributed by atoms with Gasteiger partial charge < -0.3 is 4.74 Å². The van der Waals surface area contributed by atoms with Crippen molar-refractivity contribution in [1.82, 2.24) is 4.98 Å². The van der Waals surface area contributed by atoms with Crippen LogP contribution in [0.1, 0.15) is 20.8 Å². The number of anilines is 1. The molecule has 0 aliphatic rings. The highest BCUT2D eigenvalue weighted by Gasteiger charge is 2.19. The molecule has 6 heteroatoms. The summed E-state index contributed by atoms with van der Waals surface area (Å²) in [5.74, 6) is 0. The molecule has 0 fully saturated rings. The Balaban J connectivity index is 2.35. The number of carbonyl (C=O) groups excluding carboxylic acids is 1. The van der Waals surface area contributed by atoms with Gasteiger partial charge in [-0.3, -0.25) is 5.32 Å². The number of ether oxygens (including phenoxy) is 1. The summed E-state index contributed by atoms with van der Waals surface area (Å²) in [6, 6.07) is 8.98. The highest BCUT2D eigenvalue weighted by atomic mass is 35.5. The number of pyridine rings is 1. The van der Waals surface area contributed by atoms with Gasteiger partial charge in [0.1, 0.15) is 5.60 Å². The number of nitrogens with zero attached hydrogens (tertiary/aromatic N) is 1. The summed E-state index contributed by atoms with van der Waals surface area (Å²) < 4.78 is 5.25. The van der Waals surface area contributed by atoms with Crippen LogP contribution in [0.5, 0.6) is 0 Å². The summed E-state index contributed by atoms with van der Waals surface area (Å²) in [6.07, 6.45) is 0.990. The number of hydrogen-bond acceptors (Lipinski definition) is 3. The van der Waals surface area contributed by atoms with E-state index >= 15 is 0 Å². The maximum absolute atomic E-state index is 12.0. The molecule has 1 N–H and O–H groups in total. The van der Waals surface area contributed by atoms with E-state index in [1.165, 1.54) is 0 Å². The van der Waals surface area contributed by atoms with E-state index in [1.807, 2.05) is 12.1 Å². The standard InChI is InChI=1S/C16H16Cl2N2O2/c1-16(2,3)22-15(21)20-13-12(8-9-19-14(13)18)10-4-6-11(17)7-5-10/h4-9H,1-3H3,(H,20,21). The molecule has 0 aliphatic heterocycles. The van der Waals surface area contributed by atoms with Crippen LogP contribution in [0.2, 0.25) is 10.2 Å². The van der Waals surface area contributed by atoms with Crippen molar-refractivity contribution >= 4 is 35.0 Å². The third-order valence-electron chi connectivity index (χ3n) is 2.69. The van der Waals surface area contributed by atoms with E-state index in [-0.39, 0.29) is 5.15 Å². The molecule has 0 radical (unpaired) electrons. The quantitative estimate of drug-likeness (QED) is 0.745. The van der Waals surface area contributed by atoms with Crippen molar-refractivity contribution in [2.45, 2.75) is 26.4 Å². The van der Waals surface area contributed by atoms with E-state index in [2.05, 4.69) is 10.3 Å². The van der Waals surface area contributed by atoms with Crippen LogP contribution >= 0.6 is 23.2 Å². The van der Waals surface area contributed by atoms with Crippen molar-refractivity contribution in [2.75, 3.05) is 5.32 Å². The minimum Gasteiger partial charge on any atom is -0.444 e. The normalized spacial score (nSPS) is 11.1. The number of aromatic nitrogens is 1. The monoisotopic (exact) mass is 338 g/mol. The molecule has 2 aromatic rings. The first-order valence-electron chi connectivity index (χ1n) is 6.67. The summed E-state index contributed by atoms with van der Waals surface area (Å²) in [5.41, 5.74) is 1.40. The lowest BCUT2D eigenvalue weighted by molar-refractivity contribution is 0.0636. The van der Waals surface area contributed by atoms with Gasteiger partial charge in [0.25, 0.3) is 0 Å². The first-order valence-corrected chi connectivity index (χ1v) is 7.42. The summed E-state index contributed by atoms with van der Waals surface area (Å²) in [6.45, 7) is 5.37. The van der Waals surface area contributed by atoms with Gasteiger partial charge in [0.2, 0.25) is 0 Å². The van der Waals surface area contributed by atoms with Gasteiger partial charge in [-0.05, 0) is 44.5 Å². The first kappa shape index (κ1) is 16.6. The Morgan fingerprint density at radius 3 is 2.36 bits per heavy atom. The van der Waals surface area contributed by atoms with Crippen molar-refractivity contribution in [1.29, 1.82) is 0 Å². The number of hydrogen-bond donors (Lipinski definition) is 1. The molecule has 1 heterocycles. The molecule has 0 saturated carbocycles. The SMILES string of the molecule is CC(C)(C)OC(=O)Nc1c(-c2ccc(Cl)cc2)ccnc1Cl. The van der Waals surface area contributed by atoms with Crippen molar-refractivity contribution < 1.29 is 9.53 Å². The van der Waals surface area contributed by atoms with Crippen LogP contribution < -0.4 is 5.32 Å². The molecule has 116 valence electrons. The lowest BCUT2D eigenvalue weighted by atomic mass is 10.1. The summed E-state index contributed by atoms with van der Waals surface area (Å²) in [5, 5.41) is 3.48. The highest BCUT2D eigenvalue weighted by Crippen LogP contribution is 2.33. The minimum absolute atomic E-state index is 0.193. The Morgan fingerprint density at radius 2 is 1.77 bits per heavy atom. The Hall–Kier alpha value is -1.78. The molecule has 2 rings (SSSR count). The second kappa shape index (κ2) is 6.55. The van der Waals surface area contributed by atoms with Crippen molar-refractivity contribution in [3.8, 4) is 11.1 Å². The van der Waals surface area contributed by atoms with E-state index in [1.54, 1.807) is 45.2 Å². The van der Waals surface area contributed by atoms with E-state index in [9.17, 15) is 4.79 Å². The van der Waals surface area contributed by atoms with Crippen LogP contribution in [0, 0.1) is 0 Å². The van der Waals surface area contributed by atoms with Crippen molar-refractivity contribution in [2.24, 2.45) is 0 Å². The minimum atomic E-state index is -0.598. The molecule has 0 unspecified atom stereocenters. The van der Waals surface area contributed by atoms with E-state index in [4.69, 9.17) is 27.9 Å². The second-order valence-corrected chi connectivity index (χ2v) is 6.45. The number of carbonyl (C=O) groups is 1. The predicted octanol–water partition coefficient (Wildman–Crippen LogP) is 5.40. The molecule has 4 nitrogen and oxygen atoms in total. The molecule has 0 saturated heterocycles. The Labute approximate surface area is 139 Å². The zero-order valence-electron chi connectivity index (χ0n) is 12.5. The van der Waals surface area contributed by atoms with Gasteiger partial charge in [0.15, 0.2) is 5.15 Å². The second-order valence-electron chi connectivity index (χ2n) is 5.66. The van der Waals surface area contributed by atoms with Crippen molar-refractivity contribution in [3.63, 3.8) is 0 Å². The van der Waals surface area contributed by atoms with Crippen LogP contribution in [-0.2, 0) is 4.74 Å². The number of halogens is 2. The molecule has 0 bridgehead atoms. The number of amides is 1. The third kappa shape index (κ3) is 4.36. The molecule has 0 atom stereocenters. The lowest BCUT2D eigenvalue weighted by Crippen LogP contribution is -2.27. The first-order chi connectivity index (χ1) is 10.3. The average Bonchev–Trinajstić information content (AvgIpc) is 2.40. The molecular weight excluding hydrogens is 323 g/mol. The highest BCUT2D eigenvalue weighted by molar-refractivity contribution is 6.33. The lowest BCUT2D eigenvalue weighted by Gasteiger charge is -2.20. The van der Waals surface area contributed by atoms with Crippen LogP contribution in [-0.4, -0.2) is 16.7 Å². The molecule has 1 aromatic heterocycles. The van der Waals surface area contributed by atoms with E-state index in [0.717, 1.165) is 11.1 Å². The van der Waals surface area contributed by atoms with Gasteiger partial charge in [0.05, 0.1) is 5.69 Å². The third-order valence-corrected chi connectivity index (χ3v) is 3.22. The van der Waals surface area contributed by atoms with Crippen LogP contribution in [0.25, 0.3) is 11.1 Å². The fourth-order valence-electron chi connectivity index (χ4n) is 1.83. The van der Waals surface area contributed by atoms with Crippen LogP contribution in [0.3, 0.4) is 0 Å². The fraction of sp³-hybridized carbons (Fsp3) is 0.250. The maximum Gasteiger partial charge on any atom is 0.412 e. The summed E-state index contributed by atoms with van der Waals surface area (Å²) >= 11 is 12.0. The smallest absolute Gasteiger partial charge is 0.412 e. The Kier molecular flexibility index (Phi) is 4.94. The number of rotatable bonds is 2. The van der Waals surface area contributed by atoms with Gasteiger partial charge >= 0.3 is 6.09 Å². The van der Waals surface area contributed by atoms with E-state index < -0.39 is 11.7 Å². The molecule has 22 heavy (non-hydrogen) atoms. The number of benzene rings is 1. The summed E-state index contributed by atoms with van der Waals surface area (Å²) in [4.78, 5) is 16.0. The molecule has 0 aliphatic carbocycles. The predicted molar refractivity (Wildman–Crippen MR) is 89.5 cm³/mol. The van der Waals surface area contributed by atoms with Gasteiger partial charge in [-0.25, -0.2) is 9.78 Å². The Morgan fingerprint density at radius 1 is 1.14 bits per heavy atom. The van der Waals surface area contributed by atoms with E-state index in [0.29, 0.717) is 10.7 Å². The zero-order chi connectivity index (χ0) is 16.3. The zero-order valence-corrected chi connectivity index (χ0v) is 14.0. The van der Waals surface area contributed by atoms with Crippen LogP contribution in [0.4, 0.5) is 10.5 Å². The molecule has 1 amide bonds. The van der Waals surface area contributed by atoms with Crippen LogP contribution in [0.15, 0.2) is 36.5 Å². The summed E-state index contributed by atoms with van der Waals surface area (Å²) in [7, 11) is 0. The fourth-order valence-corrected chi connectivity index (χ4v) is 2.16. The van der Waals surface area contributed by atoms with Gasteiger partial charge in [-0.1, -0.05) is 35.3 Å².